The van der Waals surface area contributed by atoms with Crippen molar-refractivity contribution in [3.63, 3.8) is 0 Å². The fraction of sp³-hybridized carbons (Fsp3) is 0.211. The standard InChI is InChI=1S/C19H17NO2/c1-11-6-5-8-13-12(2)17(22-18(11)13)10-15-14-7-3-4-9-16(14)20-19(15)21/h3-9,15H,10H2,1-2H3,(H,20,21)/t15-/m1/s1. The van der Waals surface area contributed by atoms with Gasteiger partial charge in [-0.2, -0.15) is 0 Å². The second kappa shape index (κ2) is 4.73. The van der Waals surface area contributed by atoms with Crippen molar-refractivity contribution < 1.29 is 9.21 Å². The van der Waals surface area contributed by atoms with E-state index < -0.39 is 0 Å². The molecule has 0 spiro atoms. The predicted molar refractivity (Wildman–Crippen MR) is 87.2 cm³/mol. The maximum atomic E-state index is 12.3. The van der Waals surface area contributed by atoms with Gasteiger partial charge in [-0.25, -0.2) is 0 Å². The summed E-state index contributed by atoms with van der Waals surface area (Å²) in [7, 11) is 0. The predicted octanol–water partition coefficient (Wildman–Crippen LogP) is 4.33. The third-order valence-electron chi connectivity index (χ3n) is 4.56. The monoisotopic (exact) mass is 291 g/mol. The molecule has 1 aromatic heterocycles. The van der Waals surface area contributed by atoms with Gasteiger partial charge in [0.1, 0.15) is 11.3 Å². The smallest absolute Gasteiger partial charge is 0.232 e. The summed E-state index contributed by atoms with van der Waals surface area (Å²) >= 11 is 0. The maximum Gasteiger partial charge on any atom is 0.232 e. The van der Waals surface area contributed by atoms with Crippen molar-refractivity contribution in [2.24, 2.45) is 0 Å². The number of benzene rings is 2. The van der Waals surface area contributed by atoms with Crippen molar-refractivity contribution >= 4 is 22.6 Å². The van der Waals surface area contributed by atoms with Crippen molar-refractivity contribution in [3.05, 3.63) is 64.9 Å². The van der Waals surface area contributed by atoms with Crippen LogP contribution in [0.25, 0.3) is 11.0 Å². The van der Waals surface area contributed by atoms with Crippen LogP contribution in [0, 0.1) is 13.8 Å². The number of rotatable bonds is 2. The number of hydrogen-bond acceptors (Lipinski definition) is 2. The Hall–Kier alpha value is -2.55. The van der Waals surface area contributed by atoms with E-state index >= 15 is 0 Å². The second-order valence-electron chi connectivity index (χ2n) is 5.94. The van der Waals surface area contributed by atoms with Gasteiger partial charge in [0.05, 0.1) is 5.92 Å². The van der Waals surface area contributed by atoms with E-state index in [1.807, 2.05) is 43.3 Å². The Morgan fingerprint density at radius 2 is 1.91 bits per heavy atom. The fourth-order valence-electron chi connectivity index (χ4n) is 3.29. The van der Waals surface area contributed by atoms with Crippen molar-refractivity contribution in [3.8, 4) is 0 Å². The molecule has 4 rings (SSSR count). The van der Waals surface area contributed by atoms with Crippen LogP contribution in [-0.2, 0) is 11.2 Å². The molecule has 1 N–H and O–H groups in total. The largest absolute Gasteiger partial charge is 0.460 e. The van der Waals surface area contributed by atoms with E-state index in [1.165, 1.54) is 0 Å². The molecule has 0 aliphatic carbocycles. The molecule has 22 heavy (non-hydrogen) atoms. The highest BCUT2D eigenvalue weighted by Gasteiger charge is 2.31. The number of carbonyl (C=O) groups is 1. The molecule has 1 aliphatic rings. The minimum Gasteiger partial charge on any atom is -0.460 e. The lowest BCUT2D eigenvalue weighted by molar-refractivity contribution is -0.117. The van der Waals surface area contributed by atoms with Crippen LogP contribution in [0.5, 0.6) is 0 Å². The molecule has 0 saturated carbocycles. The highest BCUT2D eigenvalue weighted by Crippen LogP contribution is 2.37. The summed E-state index contributed by atoms with van der Waals surface area (Å²) < 4.78 is 6.07. The molecular weight excluding hydrogens is 274 g/mol. The first kappa shape index (κ1) is 13.1. The third-order valence-corrected chi connectivity index (χ3v) is 4.56. The molecule has 2 heterocycles. The average molecular weight is 291 g/mol. The number of amides is 1. The molecule has 0 radical (unpaired) electrons. The van der Waals surface area contributed by atoms with Gasteiger partial charge in [-0.1, -0.05) is 36.4 Å². The summed E-state index contributed by atoms with van der Waals surface area (Å²) in [6, 6.07) is 14.0. The first-order chi connectivity index (χ1) is 10.6. The molecule has 110 valence electrons. The van der Waals surface area contributed by atoms with Crippen molar-refractivity contribution in [1.82, 2.24) is 0 Å². The second-order valence-corrected chi connectivity index (χ2v) is 5.94. The van der Waals surface area contributed by atoms with Crippen LogP contribution < -0.4 is 5.32 Å². The summed E-state index contributed by atoms with van der Waals surface area (Å²) in [6.45, 7) is 4.12. The number of para-hydroxylation sites is 2. The zero-order valence-electron chi connectivity index (χ0n) is 12.6. The van der Waals surface area contributed by atoms with Gasteiger partial charge in [0.15, 0.2) is 0 Å². The first-order valence-corrected chi connectivity index (χ1v) is 7.52. The van der Waals surface area contributed by atoms with Crippen LogP contribution in [0.3, 0.4) is 0 Å². The molecule has 0 fully saturated rings. The molecule has 0 saturated heterocycles. The Kier molecular flexibility index (Phi) is 2.83. The zero-order valence-corrected chi connectivity index (χ0v) is 12.6. The van der Waals surface area contributed by atoms with Crippen LogP contribution in [0.4, 0.5) is 5.69 Å². The lowest BCUT2D eigenvalue weighted by atomic mass is 9.94. The minimum absolute atomic E-state index is 0.0535. The first-order valence-electron chi connectivity index (χ1n) is 7.52. The van der Waals surface area contributed by atoms with Crippen LogP contribution in [0.2, 0.25) is 0 Å². The van der Waals surface area contributed by atoms with Crippen molar-refractivity contribution in [1.29, 1.82) is 0 Å². The lowest BCUT2D eigenvalue weighted by Crippen LogP contribution is -2.14. The summed E-state index contributed by atoms with van der Waals surface area (Å²) in [4.78, 5) is 12.3. The number of carbonyl (C=O) groups excluding carboxylic acids is 1. The van der Waals surface area contributed by atoms with E-state index in [4.69, 9.17) is 4.42 Å². The van der Waals surface area contributed by atoms with Crippen LogP contribution >= 0.6 is 0 Å². The molecule has 0 unspecified atom stereocenters. The molecule has 1 aliphatic heterocycles. The Bertz CT molecular complexity index is 892. The molecule has 1 atom stereocenters. The fourth-order valence-corrected chi connectivity index (χ4v) is 3.29. The summed E-state index contributed by atoms with van der Waals surface area (Å²) in [5, 5.41) is 4.09. The normalized spacial score (nSPS) is 16.8. The van der Waals surface area contributed by atoms with E-state index in [0.29, 0.717) is 6.42 Å². The molecule has 2 aromatic carbocycles. The zero-order chi connectivity index (χ0) is 15.3. The van der Waals surface area contributed by atoms with E-state index in [2.05, 4.69) is 18.3 Å². The van der Waals surface area contributed by atoms with E-state index in [9.17, 15) is 4.79 Å². The number of furan rings is 1. The Morgan fingerprint density at radius 3 is 2.73 bits per heavy atom. The quantitative estimate of drug-likeness (QED) is 0.763. The van der Waals surface area contributed by atoms with Gasteiger partial charge in [-0.15, -0.1) is 0 Å². The molecule has 3 heteroatoms. The average Bonchev–Trinajstić information content (AvgIpc) is 3.00. The summed E-state index contributed by atoms with van der Waals surface area (Å²) in [5.41, 5.74) is 5.17. The minimum atomic E-state index is -0.171. The lowest BCUT2D eigenvalue weighted by Gasteiger charge is -2.07. The SMILES string of the molecule is Cc1c(C[C@H]2C(=O)Nc3ccccc32)oc2c(C)cccc12. The van der Waals surface area contributed by atoms with Gasteiger partial charge in [0.25, 0.3) is 0 Å². The van der Waals surface area contributed by atoms with E-state index in [0.717, 1.165) is 39.1 Å². The third kappa shape index (κ3) is 1.86. The molecule has 3 aromatic rings. The topological polar surface area (TPSA) is 42.2 Å². The van der Waals surface area contributed by atoms with Gasteiger partial charge in [0.2, 0.25) is 5.91 Å². The van der Waals surface area contributed by atoms with Crippen LogP contribution in [-0.4, -0.2) is 5.91 Å². The van der Waals surface area contributed by atoms with Gasteiger partial charge in [-0.05, 0) is 36.6 Å². The van der Waals surface area contributed by atoms with E-state index in [-0.39, 0.29) is 11.8 Å². The number of anilines is 1. The highest BCUT2D eigenvalue weighted by molar-refractivity contribution is 6.03. The number of nitrogens with one attached hydrogen (secondary N) is 1. The van der Waals surface area contributed by atoms with Crippen molar-refractivity contribution in [2.75, 3.05) is 5.32 Å². The molecule has 0 bridgehead atoms. The maximum absolute atomic E-state index is 12.3. The Morgan fingerprint density at radius 1 is 1.09 bits per heavy atom. The number of hydrogen-bond donors (Lipinski definition) is 1. The van der Waals surface area contributed by atoms with Crippen LogP contribution in [0.1, 0.15) is 28.4 Å². The molecule has 3 nitrogen and oxygen atoms in total. The summed E-state index contributed by atoms with van der Waals surface area (Å²) in [5.74, 6) is 0.787. The van der Waals surface area contributed by atoms with Gasteiger partial charge < -0.3 is 9.73 Å². The van der Waals surface area contributed by atoms with Gasteiger partial charge in [0, 0.05) is 17.5 Å². The Balaban J connectivity index is 1.77. The van der Waals surface area contributed by atoms with Crippen molar-refractivity contribution in [2.45, 2.75) is 26.2 Å². The Labute approximate surface area is 128 Å². The highest BCUT2D eigenvalue weighted by atomic mass is 16.3. The van der Waals surface area contributed by atoms with Gasteiger partial charge >= 0.3 is 0 Å². The number of aryl methyl sites for hydroxylation is 2. The van der Waals surface area contributed by atoms with E-state index in [1.54, 1.807) is 0 Å². The summed E-state index contributed by atoms with van der Waals surface area (Å²) in [6.07, 6.45) is 0.600. The molecule has 1 amide bonds. The number of fused-ring (bicyclic) bond motifs is 2. The van der Waals surface area contributed by atoms with Gasteiger partial charge in [-0.3, -0.25) is 4.79 Å². The van der Waals surface area contributed by atoms with Crippen LogP contribution in [0.15, 0.2) is 46.9 Å². The molecular formula is C19H17NO2.